The number of hydrogen-bond acceptors (Lipinski definition) is 2. The summed E-state index contributed by atoms with van der Waals surface area (Å²) in [6.07, 6.45) is 0.675. The molecule has 0 saturated heterocycles. The molecule has 1 aliphatic heterocycles. The fraction of sp³-hybridized carbons (Fsp3) is 0.211. The van der Waals surface area contributed by atoms with Crippen LogP contribution < -0.4 is 0 Å². The summed E-state index contributed by atoms with van der Waals surface area (Å²) in [7, 11) is 1.52. The first-order valence-corrected chi connectivity index (χ1v) is 8.36. The molecule has 1 aliphatic rings. The molecule has 3 rings (SSSR count). The van der Waals surface area contributed by atoms with Gasteiger partial charge in [-0.25, -0.2) is 0 Å². The number of carbonyl (C=O) groups excluding carboxylic acids is 1. The predicted molar refractivity (Wildman–Crippen MR) is 97.4 cm³/mol. The molecule has 124 valence electrons. The average molecular weight is 362 g/mol. The van der Waals surface area contributed by atoms with E-state index in [0.717, 1.165) is 11.1 Å². The molecule has 1 heterocycles. The van der Waals surface area contributed by atoms with Crippen LogP contribution in [0.4, 0.5) is 0 Å². The third-order valence-electron chi connectivity index (χ3n) is 4.21. The van der Waals surface area contributed by atoms with Gasteiger partial charge in [0, 0.05) is 18.7 Å². The maximum atomic E-state index is 12.8. The smallest absolute Gasteiger partial charge is 0.254 e. The van der Waals surface area contributed by atoms with Crippen LogP contribution in [0.5, 0.6) is 0 Å². The van der Waals surface area contributed by atoms with Crippen LogP contribution >= 0.6 is 23.2 Å². The second-order valence-electron chi connectivity index (χ2n) is 5.66. The Morgan fingerprint density at radius 2 is 2.00 bits per heavy atom. The van der Waals surface area contributed by atoms with Gasteiger partial charge in [-0.2, -0.15) is 0 Å². The fourth-order valence-corrected chi connectivity index (χ4v) is 3.69. The van der Waals surface area contributed by atoms with E-state index in [9.17, 15) is 4.79 Å². The molecule has 0 fully saturated rings. The summed E-state index contributed by atoms with van der Waals surface area (Å²) >= 11 is 12.8. The number of ether oxygens (including phenoxy) is 1. The highest BCUT2D eigenvalue weighted by atomic mass is 35.5. The minimum absolute atomic E-state index is 0.0570. The lowest BCUT2D eigenvalue weighted by atomic mass is 9.95. The topological polar surface area (TPSA) is 29.5 Å². The average Bonchev–Trinajstić information content (AvgIpc) is 2.58. The summed E-state index contributed by atoms with van der Waals surface area (Å²) in [5.74, 6) is 0.338. The number of halogens is 2. The molecule has 0 unspecified atom stereocenters. The highest BCUT2D eigenvalue weighted by molar-refractivity contribution is 6.38. The van der Waals surface area contributed by atoms with Gasteiger partial charge >= 0.3 is 0 Å². The van der Waals surface area contributed by atoms with Crippen molar-refractivity contribution in [2.24, 2.45) is 0 Å². The van der Waals surface area contributed by atoms with Crippen LogP contribution in [0.3, 0.4) is 0 Å². The van der Waals surface area contributed by atoms with Gasteiger partial charge in [-0.15, -0.1) is 0 Å². The van der Waals surface area contributed by atoms with Crippen LogP contribution in [0.1, 0.15) is 27.0 Å². The molecule has 0 atom stereocenters. The van der Waals surface area contributed by atoms with E-state index >= 15 is 0 Å². The summed E-state index contributed by atoms with van der Waals surface area (Å²) < 4.78 is 5.16. The van der Waals surface area contributed by atoms with Crippen molar-refractivity contribution in [1.29, 1.82) is 0 Å². The number of benzene rings is 2. The monoisotopic (exact) mass is 361 g/mol. The third kappa shape index (κ3) is 3.02. The lowest BCUT2D eigenvalue weighted by Gasteiger charge is -2.30. The summed E-state index contributed by atoms with van der Waals surface area (Å²) in [5, 5.41) is 0.831. The molecule has 0 aromatic heterocycles. The minimum Gasteiger partial charge on any atom is -0.497 e. The van der Waals surface area contributed by atoms with Crippen LogP contribution in [0.25, 0.3) is 5.76 Å². The van der Waals surface area contributed by atoms with Gasteiger partial charge in [0.15, 0.2) is 0 Å². The summed E-state index contributed by atoms with van der Waals surface area (Å²) in [6, 6.07) is 11.6. The van der Waals surface area contributed by atoms with Crippen LogP contribution in [0.15, 0.2) is 43.0 Å². The van der Waals surface area contributed by atoms with E-state index < -0.39 is 0 Å². The van der Waals surface area contributed by atoms with Gasteiger partial charge in [-0.3, -0.25) is 4.79 Å². The van der Waals surface area contributed by atoms with Crippen molar-refractivity contribution in [3.63, 3.8) is 0 Å². The van der Waals surface area contributed by atoms with Crippen LogP contribution in [0.2, 0.25) is 10.0 Å². The molecule has 0 spiro atoms. The Labute approximate surface area is 151 Å². The highest BCUT2D eigenvalue weighted by Gasteiger charge is 2.29. The van der Waals surface area contributed by atoms with Crippen molar-refractivity contribution in [3.8, 4) is 0 Å². The first kappa shape index (κ1) is 16.9. The normalized spacial score (nSPS) is 13.6. The van der Waals surface area contributed by atoms with Crippen molar-refractivity contribution in [3.05, 3.63) is 75.3 Å². The Balaban J connectivity index is 1.95. The first-order valence-electron chi connectivity index (χ1n) is 7.60. The highest BCUT2D eigenvalue weighted by Crippen LogP contribution is 2.38. The lowest BCUT2D eigenvalue weighted by molar-refractivity contribution is 0.0727. The number of amides is 1. The predicted octanol–water partition coefficient (Wildman–Crippen LogP) is 4.81. The second-order valence-corrected chi connectivity index (χ2v) is 6.45. The Morgan fingerprint density at radius 1 is 1.29 bits per heavy atom. The maximum Gasteiger partial charge on any atom is 0.254 e. The van der Waals surface area contributed by atoms with Crippen molar-refractivity contribution in [1.82, 2.24) is 4.90 Å². The SMILES string of the molecule is C=C(OC)c1c(Cl)cc2c(c1Cl)CCN(Cc1ccccc1)C2=O. The van der Waals surface area contributed by atoms with E-state index in [0.29, 0.717) is 46.4 Å². The quantitative estimate of drug-likeness (QED) is 0.731. The zero-order chi connectivity index (χ0) is 17.3. The number of nitrogens with zero attached hydrogens (tertiary/aromatic N) is 1. The Hall–Kier alpha value is -1.97. The van der Waals surface area contributed by atoms with Crippen molar-refractivity contribution < 1.29 is 9.53 Å². The van der Waals surface area contributed by atoms with Gasteiger partial charge in [0.05, 0.1) is 22.7 Å². The van der Waals surface area contributed by atoms with E-state index in [-0.39, 0.29) is 5.91 Å². The van der Waals surface area contributed by atoms with E-state index in [1.165, 1.54) is 7.11 Å². The molecule has 0 radical (unpaired) electrons. The molecule has 0 N–H and O–H groups in total. The molecule has 1 amide bonds. The minimum atomic E-state index is -0.0570. The number of rotatable bonds is 4. The summed E-state index contributed by atoms with van der Waals surface area (Å²) in [5.41, 5.74) is 3.02. The number of methoxy groups -OCH3 is 1. The zero-order valence-electron chi connectivity index (χ0n) is 13.3. The Kier molecular flexibility index (Phi) is 4.83. The number of carbonyl (C=O) groups is 1. The molecule has 2 aromatic rings. The summed E-state index contributed by atoms with van der Waals surface area (Å²) in [6.45, 7) is 5.00. The standard InChI is InChI=1S/C19H17Cl2NO2/c1-12(24-2)17-16(20)10-15-14(18(17)21)8-9-22(19(15)23)11-13-6-4-3-5-7-13/h3-7,10H,1,8-9,11H2,2H3. The largest absolute Gasteiger partial charge is 0.497 e. The molecule has 5 heteroatoms. The molecule has 3 nitrogen and oxygen atoms in total. The number of fused-ring (bicyclic) bond motifs is 1. The van der Waals surface area contributed by atoms with Crippen LogP contribution in [0, 0.1) is 0 Å². The van der Waals surface area contributed by atoms with Gasteiger partial charge in [0.25, 0.3) is 5.91 Å². The van der Waals surface area contributed by atoms with Gasteiger partial charge in [0.2, 0.25) is 0 Å². The van der Waals surface area contributed by atoms with Gasteiger partial charge in [0.1, 0.15) is 5.76 Å². The molecule has 24 heavy (non-hydrogen) atoms. The van der Waals surface area contributed by atoms with Gasteiger partial charge in [-0.05, 0) is 23.6 Å². The molecule has 0 aliphatic carbocycles. The van der Waals surface area contributed by atoms with E-state index in [1.807, 2.05) is 35.2 Å². The summed E-state index contributed by atoms with van der Waals surface area (Å²) in [4.78, 5) is 14.6. The van der Waals surface area contributed by atoms with E-state index in [2.05, 4.69) is 6.58 Å². The zero-order valence-corrected chi connectivity index (χ0v) is 14.8. The Bertz CT molecular complexity index is 803. The van der Waals surface area contributed by atoms with Crippen LogP contribution in [-0.2, 0) is 17.7 Å². The molecule has 0 bridgehead atoms. The van der Waals surface area contributed by atoms with Crippen LogP contribution in [-0.4, -0.2) is 24.5 Å². The van der Waals surface area contributed by atoms with Crippen molar-refractivity contribution >= 4 is 34.9 Å². The fourth-order valence-electron chi connectivity index (χ4n) is 2.93. The molecule has 2 aromatic carbocycles. The van der Waals surface area contributed by atoms with Gasteiger partial charge in [-0.1, -0.05) is 60.1 Å². The molecular formula is C19H17Cl2NO2. The third-order valence-corrected chi connectivity index (χ3v) is 4.93. The van der Waals surface area contributed by atoms with Crippen molar-refractivity contribution in [2.45, 2.75) is 13.0 Å². The van der Waals surface area contributed by atoms with E-state index in [4.69, 9.17) is 27.9 Å². The second kappa shape index (κ2) is 6.88. The number of hydrogen-bond donors (Lipinski definition) is 0. The molecular weight excluding hydrogens is 345 g/mol. The van der Waals surface area contributed by atoms with Crippen molar-refractivity contribution in [2.75, 3.05) is 13.7 Å². The van der Waals surface area contributed by atoms with E-state index in [1.54, 1.807) is 6.07 Å². The maximum absolute atomic E-state index is 12.8. The first-order chi connectivity index (χ1) is 11.5. The molecule has 0 saturated carbocycles. The lowest BCUT2D eigenvalue weighted by Crippen LogP contribution is -2.37. The Morgan fingerprint density at radius 3 is 2.67 bits per heavy atom. The van der Waals surface area contributed by atoms with Gasteiger partial charge < -0.3 is 9.64 Å².